The molecule has 0 aliphatic heterocycles. The molecule has 2 aromatic rings. The van der Waals surface area contributed by atoms with Crippen molar-refractivity contribution < 1.29 is 0 Å². The number of aromatic nitrogens is 2. The average molecular weight is 242 g/mol. The summed E-state index contributed by atoms with van der Waals surface area (Å²) in [5.41, 5.74) is 9.03. The summed E-state index contributed by atoms with van der Waals surface area (Å²) >= 11 is 0. The molecule has 2 N–H and O–H groups in total. The summed E-state index contributed by atoms with van der Waals surface area (Å²) in [6, 6.07) is 7.99. The van der Waals surface area contributed by atoms with E-state index in [9.17, 15) is 0 Å². The predicted molar refractivity (Wildman–Crippen MR) is 73.3 cm³/mol. The summed E-state index contributed by atoms with van der Waals surface area (Å²) in [4.78, 5) is 10.6. The van der Waals surface area contributed by atoms with Gasteiger partial charge in [-0.3, -0.25) is 9.97 Å². The fourth-order valence-corrected chi connectivity index (χ4v) is 1.90. The largest absolute Gasteiger partial charge is 0.374 e. The van der Waals surface area contributed by atoms with E-state index in [4.69, 9.17) is 5.73 Å². The smallest absolute Gasteiger partial charge is 0.0440 e. The lowest BCUT2D eigenvalue weighted by molar-refractivity contribution is 0.842. The van der Waals surface area contributed by atoms with Crippen LogP contribution in [-0.4, -0.2) is 23.6 Å². The zero-order chi connectivity index (χ0) is 12.8. The minimum atomic E-state index is 0.511. The normalized spacial score (nSPS) is 10.3. The maximum Gasteiger partial charge on any atom is 0.0440 e. The highest BCUT2D eigenvalue weighted by Crippen LogP contribution is 2.17. The van der Waals surface area contributed by atoms with E-state index < -0.39 is 0 Å². The van der Waals surface area contributed by atoms with Crippen LogP contribution in [0.15, 0.2) is 42.9 Å². The molecule has 0 amide bonds. The topological polar surface area (TPSA) is 55.0 Å². The lowest BCUT2D eigenvalue weighted by Gasteiger charge is -2.21. The number of hydrogen-bond donors (Lipinski definition) is 1. The van der Waals surface area contributed by atoms with Crippen LogP contribution in [0, 0.1) is 0 Å². The maximum absolute atomic E-state index is 5.72. The van der Waals surface area contributed by atoms with E-state index >= 15 is 0 Å². The summed E-state index contributed by atoms with van der Waals surface area (Å²) in [5, 5.41) is 0. The average Bonchev–Trinajstić information content (AvgIpc) is 2.45. The van der Waals surface area contributed by atoms with Crippen LogP contribution in [0.4, 0.5) is 5.69 Å². The molecule has 0 aliphatic carbocycles. The Kier molecular flexibility index (Phi) is 4.25. The van der Waals surface area contributed by atoms with Crippen molar-refractivity contribution in [3.63, 3.8) is 0 Å². The van der Waals surface area contributed by atoms with E-state index in [1.165, 1.54) is 0 Å². The second-order valence-corrected chi connectivity index (χ2v) is 4.20. The number of hydrogen-bond acceptors (Lipinski definition) is 4. The number of rotatable bonds is 5. The van der Waals surface area contributed by atoms with E-state index in [2.05, 4.69) is 21.9 Å². The van der Waals surface area contributed by atoms with Gasteiger partial charge in [0.1, 0.15) is 0 Å². The van der Waals surface area contributed by atoms with Gasteiger partial charge in [-0.05, 0) is 18.2 Å². The maximum atomic E-state index is 5.72. The van der Waals surface area contributed by atoms with Crippen molar-refractivity contribution in [2.75, 3.05) is 18.5 Å². The van der Waals surface area contributed by atoms with Gasteiger partial charge in [0.05, 0.1) is 0 Å². The Morgan fingerprint density at radius 2 is 2.11 bits per heavy atom. The predicted octanol–water partition coefficient (Wildman–Crippen LogP) is 1.61. The Balaban J connectivity index is 2.01. The molecule has 0 atom stereocenters. The summed E-state index contributed by atoms with van der Waals surface area (Å²) < 4.78 is 0. The standard InChI is InChI=1S/C14H18N4/c1-18(9-6-13-4-2-3-7-17-13)14-5-8-16-11-12(14)10-15/h2-5,7-8,11H,6,9-10,15H2,1H3. The highest BCUT2D eigenvalue weighted by atomic mass is 15.1. The van der Waals surface area contributed by atoms with Crippen LogP contribution in [0.25, 0.3) is 0 Å². The third-order valence-corrected chi connectivity index (χ3v) is 2.94. The number of pyridine rings is 2. The van der Waals surface area contributed by atoms with Gasteiger partial charge in [-0.2, -0.15) is 0 Å². The second kappa shape index (κ2) is 6.12. The van der Waals surface area contributed by atoms with Crippen molar-refractivity contribution in [2.45, 2.75) is 13.0 Å². The molecule has 0 saturated carbocycles. The lowest BCUT2D eigenvalue weighted by Crippen LogP contribution is -2.22. The van der Waals surface area contributed by atoms with Gasteiger partial charge in [-0.25, -0.2) is 0 Å². The van der Waals surface area contributed by atoms with Crippen LogP contribution >= 0.6 is 0 Å². The third kappa shape index (κ3) is 3.05. The summed E-state index contributed by atoms with van der Waals surface area (Å²) in [6.45, 7) is 1.42. The summed E-state index contributed by atoms with van der Waals surface area (Å²) in [7, 11) is 2.07. The first-order valence-electron chi connectivity index (χ1n) is 6.05. The van der Waals surface area contributed by atoms with E-state index in [0.29, 0.717) is 6.54 Å². The van der Waals surface area contributed by atoms with Crippen LogP contribution in [0.2, 0.25) is 0 Å². The Labute approximate surface area is 107 Å². The minimum absolute atomic E-state index is 0.511. The zero-order valence-corrected chi connectivity index (χ0v) is 10.6. The molecular formula is C14H18N4. The first kappa shape index (κ1) is 12.5. The number of anilines is 1. The van der Waals surface area contributed by atoms with E-state index in [1.807, 2.05) is 36.7 Å². The number of likely N-dealkylation sites (N-methyl/N-ethyl adjacent to an activating group) is 1. The van der Waals surface area contributed by atoms with Crippen LogP contribution < -0.4 is 10.6 Å². The molecule has 4 heteroatoms. The molecule has 0 fully saturated rings. The molecule has 0 aliphatic rings. The van der Waals surface area contributed by atoms with E-state index in [1.54, 1.807) is 6.20 Å². The monoisotopic (exact) mass is 242 g/mol. The van der Waals surface area contributed by atoms with Gasteiger partial charge >= 0.3 is 0 Å². The van der Waals surface area contributed by atoms with E-state index in [-0.39, 0.29) is 0 Å². The molecular weight excluding hydrogens is 224 g/mol. The second-order valence-electron chi connectivity index (χ2n) is 4.20. The van der Waals surface area contributed by atoms with Gasteiger partial charge < -0.3 is 10.6 Å². The molecule has 2 aromatic heterocycles. The van der Waals surface area contributed by atoms with E-state index in [0.717, 1.165) is 29.9 Å². The Morgan fingerprint density at radius 1 is 1.22 bits per heavy atom. The van der Waals surface area contributed by atoms with Crippen LogP contribution in [0.5, 0.6) is 0 Å². The van der Waals surface area contributed by atoms with Gasteiger partial charge in [-0.1, -0.05) is 6.07 Å². The Hall–Kier alpha value is -1.94. The first-order chi connectivity index (χ1) is 8.81. The zero-order valence-electron chi connectivity index (χ0n) is 10.6. The molecule has 0 bridgehead atoms. The van der Waals surface area contributed by atoms with Gasteiger partial charge in [0.2, 0.25) is 0 Å². The van der Waals surface area contributed by atoms with Crippen molar-refractivity contribution in [3.05, 3.63) is 54.1 Å². The molecule has 0 aromatic carbocycles. The Bertz CT molecular complexity index is 484. The SMILES string of the molecule is CN(CCc1ccccn1)c1ccncc1CN. The quantitative estimate of drug-likeness (QED) is 0.865. The molecule has 0 unspecified atom stereocenters. The van der Waals surface area contributed by atoms with Gasteiger partial charge in [0.25, 0.3) is 0 Å². The summed E-state index contributed by atoms with van der Waals surface area (Å²) in [5.74, 6) is 0. The molecule has 2 rings (SSSR count). The molecule has 4 nitrogen and oxygen atoms in total. The molecule has 0 radical (unpaired) electrons. The lowest BCUT2D eigenvalue weighted by atomic mass is 10.2. The van der Waals surface area contributed by atoms with Crippen molar-refractivity contribution in [2.24, 2.45) is 5.73 Å². The van der Waals surface area contributed by atoms with Crippen molar-refractivity contribution in [3.8, 4) is 0 Å². The molecule has 2 heterocycles. The fourth-order valence-electron chi connectivity index (χ4n) is 1.90. The van der Waals surface area contributed by atoms with Crippen LogP contribution in [-0.2, 0) is 13.0 Å². The fraction of sp³-hybridized carbons (Fsp3) is 0.286. The van der Waals surface area contributed by atoms with Gasteiger partial charge in [0, 0.05) is 62.1 Å². The summed E-state index contributed by atoms with van der Waals surface area (Å²) in [6.07, 6.45) is 6.37. The molecule has 18 heavy (non-hydrogen) atoms. The molecule has 0 spiro atoms. The highest BCUT2D eigenvalue weighted by molar-refractivity contribution is 5.51. The molecule has 0 saturated heterocycles. The Morgan fingerprint density at radius 3 is 2.83 bits per heavy atom. The minimum Gasteiger partial charge on any atom is -0.374 e. The van der Waals surface area contributed by atoms with Gasteiger partial charge in [-0.15, -0.1) is 0 Å². The van der Waals surface area contributed by atoms with Crippen LogP contribution in [0.3, 0.4) is 0 Å². The highest BCUT2D eigenvalue weighted by Gasteiger charge is 2.06. The van der Waals surface area contributed by atoms with Crippen molar-refractivity contribution in [1.29, 1.82) is 0 Å². The number of nitrogens with two attached hydrogens (primary N) is 1. The van der Waals surface area contributed by atoms with Crippen molar-refractivity contribution in [1.82, 2.24) is 9.97 Å². The molecule has 94 valence electrons. The number of nitrogens with zero attached hydrogens (tertiary/aromatic N) is 3. The van der Waals surface area contributed by atoms with Crippen molar-refractivity contribution >= 4 is 5.69 Å². The van der Waals surface area contributed by atoms with Gasteiger partial charge in [0.15, 0.2) is 0 Å². The van der Waals surface area contributed by atoms with Crippen LogP contribution in [0.1, 0.15) is 11.3 Å². The first-order valence-corrected chi connectivity index (χ1v) is 6.05. The third-order valence-electron chi connectivity index (χ3n) is 2.94.